The molecule has 0 fully saturated rings. The van der Waals surface area contributed by atoms with Crippen LogP contribution in [-0.4, -0.2) is 22.6 Å². The molecule has 3 N–H and O–H groups in total. The summed E-state index contributed by atoms with van der Waals surface area (Å²) in [7, 11) is 0. The first-order valence-electron chi connectivity index (χ1n) is 5.80. The van der Waals surface area contributed by atoms with E-state index in [4.69, 9.17) is 10.3 Å². The minimum absolute atomic E-state index is 0. The van der Waals surface area contributed by atoms with Crippen molar-refractivity contribution in [3.63, 3.8) is 0 Å². The Kier molecular flexibility index (Phi) is 7.19. The third-order valence-electron chi connectivity index (χ3n) is 2.06. The Hall–Kier alpha value is -0.860. The lowest BCUT2D eigenvalue weighted by atomic mass is 9.97. The number of nitrogens with two attached hydrogens (primary N) is 1. The Morgan fingerprint density at radius 3 is 2.61 bits per heavy atom. The van der Waals surface area contributed by atoms with Crippen molar-refractivity contribution in [2.45, 2.75) is 46.1 Å². The fraction of sp³-hybridized carbons (Fsp3) is 0.727. The SMILES string of the molecule is CCCNC(N)=NCc1noc(C(C)(C)C)n1.I. The monoisotopic (exact) mass is 367 g/mol. The first-order chi connectivity index (χ1) is 7.93. The standard InChI is InChI=1S/C11H21N5O.HI/c1-5-6-13-10(12)14-7-8-15-9(17-16-8)11(2,3)4;/h5-7H2,1-4H3,(H3,12,13,14);1H. The van der Waals surface area contributed by atoms with Crippen LogP contribution in [0, 0.1) is 0 Å². The minimum atomic E-state index is -0.138. The van der Waals surface area contributed by atoms with Gasteiger partial charge in [0.1, 0.15) is 6.54 Å². The molecule has 0 atom stereocenters. The maximum absolute atomic E-state index is 5.65. The van der Waals surface area contributed by atoms with E-state index in [0.29, 0.717) is 24.2 Å². The van der Waals surface area contributed by atoms with E-state index in [1.807, 2.05) is 20.8 Å². The summed E-state index contributed by atoms with van der Waals surface area (Å²) in [6, 6.07) is 0. The van der Waals surface area contributed by atoms with E-state index < -0.39 is 0 Å². The van der Waals surface area contributed by atoms with Crippen molar-refractivity contribution in [2.24, 2.45) is 10.7 Å². The molecule has 6 nitrogen and oxygen atoms in total. The zero-order chi connectivity index (χ0) is 12.9. The molecule has 18 heavy (non-hydrogen) atoms. The summed E-state index contributed by atoms with van der Waals surface area (Å²) in [6.45, 7) is 9.27. The number of hydrogen-bond donors (Lipinski definition) is 2. The molecule has 0 radical (unpaired) electrons. The first-order valence-corrected chi connectivity index (χ1v) is 5.80. The molecule has 1 aromatic heterocycles. The van der Waals surface area contributed by atoms with Crippen LogP contribution in [0.4, 0.5) is 0 Å². The first kappa shape index (κ1) is 17.1. The highest BCUT2D eigenvalue weighted by atomic mass is 127. The Labute approximate surface area is 125 Å². The second-order valence-electron chi connectivity index (χ2n) is 4.89. The average molecular weight is 367 g/mol. The van der Waals surface area contributed by atoms with Crippen LogP contribution in [0.5, 0.6) is 0 Å². The van der Waals surface area contributed by atoms with Gasteiger partial charge in [-0.25, -0.2) is 4.99 Å². The fourth-order valence-electron chi connectivity index (χ4n) is 1.09. The Morgan fingerprint density at radius 2 is 2.11 bits per heavy atom. The molecule has 1 aromatic rings. The number of aromatic nitrogens is 2. The maximum Gasteiger partial charge on any atom is 0.232 e. The third kappa shape index (κ3) is 5.65. The van der Waals surface area contributed by atoms with Crippen molar-refractivity contribution >= 4 is 29.9 Å². The van der Waals surface area contributed by atoms with Crippen LogP contribution in [0.2, 0.25) is 0 Å². The van der Waals surface area contributed by atoms with Gasteiger partial charge >= 0.3 is 0 Å². The summed E-state index contributed by atoms with van der Waals surface area (Å²) in [5.41, 5.74) is 5.51. The van der Waals surface area contributed by atoms with Gasteiger partial charge in [-0.05, 0) is 6.42 Å². The lowest BCUT2D eigenvalue weighted by Gasteiger charge is -2.10. The van der Waals surface area contributed by atoms with Crippen LogP contribution in [-0.2, 0) is 12.0 Å². The molecule has 0 aliphatic rings. The Balaban J connectivity index is 0.00000289. The predicted molar refractivity (Wildman–Crippen MR) is 82.0 cm³/mol. The molecular weight excluding hydrogens is 345 g/mol. The molecule has 7 heteroatoms. The summed E-state index contributed by atoms with van der Waals surface area (Å²) < 4.78 is 5.15. The number of rotatable bonds is 4. The second-order valence-corrected chi connectivity index (χ2v) is 4.89. The van der Waals surface area contributed by atoms with Crippen LogP contribution >= 0.6 is 24.0 Å². The van der Waals surface area contributed by atoms with E-state index in [1.54, 1.807) is 0 Å². The molecule has 0 saturated heterocycles. The van der Waals surface area contributed by atoms with Crippen molar-refractivity contribution in [3.05, 3.63) is 11.7 Å². The minimum Gasteiger partial charge on any atom is -0.370 e. The van der Waals surface area contributed by atoms with E-state index >= 15 is 0 Å². The van der Waals surface area contributed by atoms with E-state index in [9.17, 15) is 0 Å². The highest BCUT2D eigenvalue weighted by molar-refractivity contribution is 14.0. The number of nitrogens with one attached hydrogen (secondary N) is 1. The Morgan fingerprint density at radius 1 is 1.44 bits per heavy atom. The quantitative estimate of drug-likeness (QED) is 0.481. The van der Waals surface area contributed by atoms with Crippen molar-refractivity contribution in [2.75, 3.05) is 6.54 Å². The number of aliphatic imine (C=N–C) groups is 1. The van der Waals surface area contributed by atoms with Crippen LogP contribution in [0.3, 0.4) is 0 Å². The zero-order valence-electron chi connectivity index (χ0n) is 11.4. The second kappa shape index (κ2) is 7.55. The van der Waals surface area contributed by atoms with E-state index in [1.165, 1.54) is 0 Å². The van der Waals surface area contributed by atoms with Gasteiger partial charge in [-0.15, -0.1) is 24.0 Å². The van der Waals surface area contributed by atoms with Crippen LogP contribution in [0.15, 0.2) is 9.52 Å². The molecule has 0 spiro atoms. The summed E-state index contributed by atoms with van der Waals surface area (Å²) >= 11 is 0. The van der Waals surface area contributed by atoms with Gasteiger partial charge in [-0.3, -0.25) is 0 Å². The number of hydrogen-bond acceptors (Lipinski definition) is 4. The lowest BCUT2D eigenvalue weighted by molar-refractivity contribution is 0.318. The van der Waals surface area contributed by atoms with Gasteiger partial charge in [0.2, 0.25) is 5.89 Å². The molecule has 0 aliphatic heterocycles. The number of nitrogens with zero attached hydrogens (tertiary/aromatic N) is 3. The average Bonchev–Trinajstić information content (AvgIpc) is 2.71. The van der Waals surface area contributed by atoms with Gasteiger partial charge in [0.05, 0.1) is 0 Å². The molecule has 1 heterocycles. The van der Waals surface area contributed by atoms with Gasteiger partial charge in [-0.1, -0.05) is 32.9 Å². The molecule has 104 valence electrons. The number of halogens is 1. The van der Waals surface area contributed by atoms with Gasteiger partial charge < -0.3 is 15.6 Å². The summed E-state index contributed by atoms with van der Waals surface area (Å²) in [5.74, 6) is 1.58. The van der Waals surface area contributed by atoms with Crippen molar-refractivity contribution < 1.29 is 4.52 Å². The molecule has 0 amide bonds. The third-order valence-corrected chi connectivity index (χ3v) is 2.06. The molecule has 0 aromatic carbocycles. The van der Waals surface area contributed by atoms with Gasteiger partial charge in [0.25, 0.3) is 0 Å². The molecule has 0 bridgehead atoms. The molecule has 0 aliphatic carbocycles. The zero-order valence-corrected chi connectivity index (χ0v) is 13.7. The van der Waals surface area contributed by atoms with E-state index in [0.717, 1.165) is 13.0 Å². The molecular formula is C11H22IN5O. The lowest BCUT2D eigenvalue weighted by Crippen LogP contribution is -2.32. The largest absolute Gasteiger partial charge is 0.370 e. The van der Waals surface area contributed by atoms with Gasteiger partial charge in [-0.2, -0.15) is 4.98 Å². The van der Waals surface area contributed by atoms with Crippen molar-refractivity contribution in [1.29, 1.82) is 0 Å². The maximum atomic E-state index is 5.65. The summed E-state index contributed by atoms with van der Waals surface area (Å²) in [6.07, 6.45) is 1.01. The molecule has 0 saturated carbocycles. The highest BCUT2D eigenvalue weighted by Crippen LogP contribution is 2.19. The van der Waals surface area contributed by atoms with Gasteiger partial charge in [0.15, 0.2) is 11.8 Å². The highest BCUT2D eigenvalue weighted by Gasteiger charge is 2.21. The normalized spacial score (nSPS) is 12.1. The fourth-order valence-corrected chi connectivity index (χ4v) is 1.09. The van der Waals surface area contributed by atoms with Crippen LogP contribution < -0.4 is 11.1 Å². The van der Waals surface area contributed by atoms with Crippen molar-refractivity contribution in [1.82, 2.24) is 15.5 Å². The van der Waals surface area contributed by atoms with Crippen molar-refractivity contribution in [3.8, 4) is 0 Å². The predicted octanol–water partition coefficient (Wildman–Crippen LogP) is 1.80. The summed E-state index contributed by atoms with van der Waals surface area (Å²) in [4.78, 5) is 8.39. The number of guanidine groups is 1. The molecule has 1 rings (SSSR count). The van der Waals surface area contributed by atoms with E-state index in [2.05, 4.69) is 27.4 Å². The smallest absolute Gasteiger partial charge is 0.232 e. The van der Waals surface area contributed by atoms with Gasteiger partial charge in [0, 0.05) is 12.0 Å². The molecule has 0 unspecified atom stereocenters. The van der Waals surface area contributed by atoms with Crippen LogP contribution in [0.25, 0.3) is 0 Å². The van der Waals surface area contributed by atoms with E-state index in [-0.39, 0.29) is 29.4 Å². The van der Waals surface area contributed by atoms with Crippen LogP contribution in [0.1, 0.15) is 45.8 Å². The topological polar surface area (TPSA) is 89.3 Å². The summed E-state index contributed by atoms with van der Waals surface area (Å²) in [5, 5.41) is 6.84. The Bertz CT molecular complexity index is 383.